The maximum Gasteiger partial charge on any atom is 0.264 e. The summed E-state index contributed by atoms with van der Waals surface area (Å²) in [4.78, 5) is 19.1. The molecule has 0 bridgehead atoms. The highest BCUT2D eigenvalue weighted by Gasteiger charge is 2.20. The van der Waals surface area contributed by atoms with E-state index in [0.29, 0.717) is 11.3 Å². The van der Waals surface area contributed by atoms with Crippen LogP contribution < -0.4 is 5.56 Å². The second kappa shape index (κ2) is 6.68. The first kappa shape index (κ1) is 17.2. The van der Waals surface area contributed by atoms with E-state index in [9.17, 15) is 13.6 Å². The van der Waals surface area contributed by atoms with Gasteiger partial charge < -0.3 is 0 Å². The maximum absolute atomic E-state index is 13.6. The van der Waals surface area contributed by atoms with Crippen LogP contribution in [0.3, 0.4) is 0 Å². The molecule has 0 aliphatic rings. The summed E-state index contributed by atoms with van der Waals surface area (Å²) in [5.74, 6) is 0. The summed E-state index contributed by atoms with van der Waals surface area (Å²) in [6.07, 6.45) is -1.25. The molecule has 0 fully saturated rings. The van der Waals surface area contributed by atoms with Gasteiger partial charge in [0.15, 0.2) is 4.77 Å². The number of aryl methyl sites for hydroxylation is 1. The molecule has 0 radical (unpaired) electrons. The van der Waals surface area contributed by atoms with Crippen molar-refractivity contribution < 1.29 is 8.78 Å². The molecular weight excluding hydrogens is 344 g/mol. The smallest absolute Gasteiger partial charge is 0.264 e. The van der Waals surface area contributed by atoms with Crippen molar-refractivity contribution in [1.82, 2.24) is 14.5 Å². The van der Waals surface area contributed by atoms with Gasteiger partial charge in [-0.1, -0.05) is 35.9 Å². The lowest BCUT2D eigenvalue weighted by Crippen LogP contribution is -2.17. The molecule has 3 aromatic rings. The van der Waals surface area contributed by atoms with E-state index in [1.807, 2.05) is 19.1 Å². The highest BCUT2D eigenvalue weighted by atomic mass is 32.1. The first-order valence-corrected chi connectivity index (χ1v) is 7.97. The molecule has 7 heteroatoms. The Morgan fingerprint density at radius 1 is 1.36 bits per heavy atom. The number of halogens is 2. The molecule has 0 saturated carbocycles. The summed E-state index contributed by atoms with van der Waals surface area (Å²) in [6.45, 7) is 5.82. The third-order valence-electron chi connectivity index (χ3n) is 3.87. The van der Waals surface area contributed by atoms with E-state index in [1.165, 1.54) is 10.6 Å². The molecule has 4 nitrogen and oxygen atoms in total. The fourth-order valence-corrected chi connectivity index (χ4v) is 2.90. The number of pyridine rings is 1. The van der Waals surface area contributed by atoms with E-state index >= 15 is 0 Å². The van der Waals surface area contributed by atoms with Crippen LogP contribution in [0.1, 0.15) is 17.6 Å². The van der Waals surface area contributed by atoms with Crippen molar-refractivity contribution >= 4 is 23.3 Å². The molecule has 0 unspecified atom stereocenters. The third-order valence-corrected chi connectivity index (χ3v) is 4.20. The fourth-order valence-electron chi connectivity index (χ4n) is 2.64. The van der Waals surface area contributed by atoms with Gasteiger partial charge in [-0.3, -0.25) is 14.3 Å². The van der Waals surface area contributed by atoms with Crippen LogP contribution in [0.15, 0.2) is 47.8 Å². The predicted molar refractivity (Wildman–Crippen MR) is 96.5 cm³/mol. The first-order chi connectivity index (χ1) is 11.9. The molecular formula is C18H15F2N3OS. The Morgan fingerprint density at radius 3 is 2.64 bits per heavy atom. The zero-order chi connectivity index (χ0) is 18.1. The Bertz CT molecular complexity index is 1070. The maximum atomic E-state index is 13.6. The van der Waals surface area contributed by atoms with Gasteiger partial charge in [-0.15, -0.1) is 6.58 Å². The number of alkyl halides is 2. The quantitative estimate of drug-likeness (QED) is 0.549. The molecule has 1 aromatic carbocycles. The van der Waals surface area contributed by atoms with Crippen LogP contribution >= 0.6 is 12.2 Å². The largest absolute Gasteiger partial charge is 0.299 e. The summed E-state index contributed by atoms with van der Waals surface area (Å²) in [5, 5.41) is -0.152. The highest BCUT2D eigenvalue weighted by Crippen LogP contribution is 2.29. The van der Waals surface area contributed by atoms with Crippen LogP contribution in [0.2, 0.25) is 0 Å². The topological polar surface area (TPSA) is 50.7 Å². The molecule has 3 rings (SSSR count). The minimum absolute atomic E-state index is 0.117. The van der Waals surface area contributed by atoms with Crippen molar-refractivity contribution in [2.45, 2.75) is 19.9 Å². The minimum atomic E-state index is -2.82. The lowest BCUT2D eigenvalue weighted by Gasteiger charge is -2.13. The molecule has 0 aliphatic heterocycles. The van der Waals surface area contributed by atoms with Crippen molar-refractivity contribution in [3.8, 4) is 11.3 Å². The van der Waals surface area contributed by atoms with Crippen LogP contribution in [0.25, 0.3) is 22.3 Å². The van der Waals surface area contributed by atoms with Gasteiger partial charge in [0, 0.05) is 17.7 Å². The monoisotopic (exact) mass is 359 g/mol. The van der Waals surface area contributed by atoms with Crippen molar-refractivity contribution in [2.75, 3.05) is 0 Å². The van der Waals surface area contributed by atoms with Crippen LogP contribution in [-0.4, -0.2) is 14.5 Å². The van der Waals surface area contributed by atoms with Gasteiger partial charge in [0.05, 0.1) is 11.1 Å². The first-order valence-electron chi connectivity index (χ1n) is 7.56. The third kappa shape index (κ3) is 3.15. The predicted octanol–water partition coefficient (Wildman–Crippen LogP) is 4.55. The van der Waals surface area contributed by atoms with Crippen LogP contribution in [0.5, 0.6) is 0 Å². The molecule has 1 N–H and O–H groups in total. The molecule has 0 amide bonds. The molecule has 2 aromatic heterocycles. The van der Waals surface area contributed by atoms with E-state index in [1.54, 1.807) is 18.2 Å². The molecule has 0 aliphatic carbocycles. The summed E-state index contributed by atoms with van der Waals surface area (Å²) in [5.41, 5.74) is 1.19. The summed E-state index contributed by atoms with van der Waals surface area (Å²) < 4.78 is 28.8. The number of nitrogens with one attached hydrogen (secondary N) is 1. The van der Waals surface area contributed by atoms with Crippen molar-refractivity contribution in [1.29, 1.82) is 0 Å². The Morgan fingerprint density at radius 2 is 2.04 bits per heavy atom. The van der Waals surface area contributed by atoms with Gasteiger partial charge in [0.1, 0.15) is 5.65 Å². The number of benzene rings is 1. The minimum Gasteiger partial charge on any atom is -0.299 e. The summed E-state index contributed by atoms with van der Waals surface area (Å²) in [7, 11) is 0. The highest BCUT2D eigenvalue weighted by molar-refractivity contribution is 7.71. The number of hydrogen-bond acceptors (Lipinski definition) is 3. The van der Waals surface area contributed by atoms with E-state index in [2.05, 4.69) is 16.5 Å². The van der Waals surface area contributed by atoms with Gasteiger partial charge in [0.25, 0.3) is 12.0 Å². The van der Waals surface area contributed by atoms with Crippen molar-refractivity contribution in [3.05, 3.63) is 69.2 Å². The van der Waals surface area contributed by atoms with Gasteiger partial charge in [0.2, 0.25) is 0 Å². The van der Waals surface area contributed by atoms with Gasteiger partial charge >= 0.3 is 0 Å². The average molecular weight is 359 g/mol. The Kier molecular flexibility index (Phi) is 4.59. The molecule has 0 saturated heterocycles. The standard InChI is InChI=1S/C18H15F2N3OS/c1-3-8-23-16-14(17(24)22-18(23)25)12(15(19)20)9-13(21-16)11-6-4-10(2)5-7-11/h3-7,9,15H,1,8H2,2H3,(H,22,24,25). The Hall–Kier alpha value is -2.67. The van der Waals surface area contributed by atoms with Gasteiger partial charge in [-0.25, -0.2) is 13.8 Å². The average Bonchev–Trinajstić information content (AvgIpc) is 2.58. The number of fused-ring (bicyclic) bond motifs is 1. The number of H-pyrrole nitrogens is 1. The van der Waals surface area contributed by atoms with Crippen LogP contribution in [-0.2, 0) is 6.54 Å². The van der Waals surface area contributed by atoms with Crippen molar-refractivity contribution in [3.63, 3.8) is 0 Å². The summed E-state index contributed by atoms with van der Waals surface area (Å²) >= 11 is 5.15. The SMILES string of the molecule is C=CCn1c(=S)[nH]c(=O)c2c(C(F)F)cc(-c3ccc(C)cc3)nc21. The number of nitrogens with zero attached hydrogens (tertiary/aromatic N) is 2. The van der Waals surface area contributed by atoms with E-state index in [0.717, 1.165) is 5.56 Å². The summed E-state index contributed by atoms with van der Waals surface area (Å²) in [6, 6.07) is 8.61. The molecule has 128 valence electrons. The lowest BCUT2D eigenvalue weighted by atomic mass is 10.1. The van der Waals surface area contributed by atoms with E-state index < -0.39 is 12.0 Å². The fraction of sp³-hybridized carbons (Fsp3) is 0.167. The molecule has 2 heterocycles. The van der Waals surface area contributed by atoms with Crippen molar-refractivity contribution in [2.24, 2.45) is 0 Å². The number of hydrogen-bond donors (Lipinski definition) is 1. The number of allylic oxidation sites excluding steroid dienone is 1. The number of aromatic nitrogens is 3. The zero-order valence-electron chi connectivity index (χ0n) is 13.4. The zero-order valence-corrected chi connectivity index (χ0v) is 14.2. The molecule has 25 heavy (non-hydrogen) atoms. The van der Waals surface area contributed by atoms with E-state index in [-0.39, 0.29) is 27.9 Å². The lowest BCUT2D eigenvalue weighted by molar-refractivity contribution is 0.153. The molecule has 0 atom stereocenters. The van der Waals surface area contributed by atoms with Gasteiger partial charge in [-0.2, -0.15) is 0 Å². The van der Waals surface area contributed by atoms with Gasteiger partial charge in [-0.05, 0) is 25.2 Å². The normalized spacial score (nSPS) is 11.2. The number of aromatic amines is 1. The molecule has 0 spiro atoms. The number of rotatable bonds is 4. The Balaban J connectivity index is 2.44. The van der Waals surface area contributed by atoms with Crippen LogP contribution in [0, 0.1) is 11.7 Å². The Labute approximate surface area is 147 Å². The van der Waals surface area contributed by atoms with Crippen LogP contribution in [0.4, 0.5) is 8.78 Å². The second-order valence-corrected chi connectivity index (χ2v) is 6.01. The van der Waals surface area contributed by atoms with E-state index in [4.69, 9.17) is 12.2 Å². The second-order valence-electron chi connectivity index (χ2n) is 5.62.